The van der Waals surface area contributed by atoms with Gasteiger partial charge in [-0.05, 0) is 56.2 Å². The third kappa shape index (κ3) is 3.91. The Hall–Kier alpha value is -2.38. The van der Waals surface area contributed by atoms with Gasteiger partial charge in [0.2, 0.25) is 0 Å². The van der Waals surface area contributed by atoms with Crippen molar-refractivity contribution in [3.8, 4) is 0 Å². The molecular formula is C20H22ClN3O3S. The standard InChI is InChI=1S/C20H22ClN3O3S/c1-4-5-11-24-14(3)23-28(26,27)19-12-15(9-10-18(19)24)20(25)22-17-8-6-7-16(21)13(17)2/h6-10,12H,4-5,11H2,1-3H3,(H,22,25). The van der Waals surface area contributed by atoms with E-state index >= 15 is 0 Å². The zero-order valence-electron chi connectivity index (χ0n) is 16.0. The largest absolute Gasteiger partial charge is 0.328 e. The molecule has 0 radical (unpaired) electrons. The van der Waals surface area contributed by atoms with E-state index in [0.717, 1.165) is 18.4 Å². The fourth-order valence-corrected chi connectivity index (χ4v) is 4.51. The Kier molecular flexibility index (Phi) is 5.76. The highest BCUT2D eigenvalue weighted by Crippen LogP contribution is 2.33. The Morgan fingerprint density at radius 2 is 1.96 bits per heavy atom. The highest BCUT2D eigenvalue weighted by Gasteiger charge is 2.29. The highest BCUT2D eigenvalue weighted by atomic mass is 35.5. The van der Waals surface area contributed by atoms with Crippen molar-refractivity contribution in [1.82, 2.24) is 0 Å². The number of hydrogen-bond acceptors (Lipinski definition) is 4. The first-order chi connectivity index (χ1) is 13.2. The lowest BCUT2D eigenvalue weighted by Gasteiger charge is -2.29. The lowest BCUT2D eigenvalue weighted by Crippen LogP contribution is -2.34. The first-order valence-corrected chi connectivity index (χ1v) is 10.9. The number of benzene rings is 2. The van der Waals surface area contributed by atoms with Crippen molar-refractivity contribution in [3.63, 3.8) is 0 Å². The van der Waals surface area contributed by atoms with Crippen molar-refractivity contribution in [2.45, 2.75) is 38.5 Å². The molecule has 2 aromatic rings. The van der Waals surface area contributed by atoms with Gasteiger partial charge in [0.05, 0.1) is 5.69 Å². The predicted octanol–water partition coefficient (Wildman–Crippen LogP) is 4.63. The molecule has 3 rings (SSSR count). The van der Waals surface area contributed by atoms with E-state index in [1.165, 1.54) is 6.07 Å². The first kappa shape index (κ1) is 20.4. The normalized spacial score (nSPS) is 15.0. The van der Waals surface area contributed by atoms with Gasteiger partial charge in [-0.3, -0.25) is 4.79 Å². The van der Waals surface area contributed by atoms with E-state index in [9.17, 15) is 13.2 Å². The molecule has 1 heterocycles. The zero-order chi connectivity index (χ0) is 20.5. The van der Waals surface area contributed by atoms with Gasteiger partial charge in [0.25, 0.3) is 15.9 Å². The zero-order valence-corrected chi connectivity index (χ0v) is 17.6. The van der Waals surface area contributed by atoms with Crippen LogP contribution < -0.4 is 10.2 Å². The number of fused-ring (bicyclic) bond motifs is 1. The number of nitrogens with zero attached hydrogens (tertiary/aromatic N) is 2. The fraction of sp³-hybridized carbons (Fsp3) is 0.300. The molecule has 1 aliphatic rings. The molecule has 0 aromatic heterocycles. The number of hydrogen-bond donors (Lipinski definition) is 1. The van der Waals surface area contributed by atoms with Crippen LogP contribution in [0.3, 0.4) is 0 Å². The van der Waals surface area contributed by atoms with Crippen molar-refractivity contribution < 1.29 is 13.2 Å². The lowest BCUT2D eigenvalue weighted by atomic mass is 10.1. The van der Waals surface area contributed by atoms with Crippen LogP contribution in [0.1, 0.15) is 42.6 Å². The molecule has 1 aliphatic heterocycles. The van der Waals surface area contributed by atoms with Crippen LogP contribution in [0.25, 0.3) is 0 Å². The quantitative estimate of drug-likeness (QED) is 0.766. The fourth-order valence-electron chi connectivity index (χ4n) is 3.07. The molecule has 148 valence electrons. The average Bonchev–Trinajstić information content (AvgIpc) is 2.64. The molecular weight excluding hydrogens is 398 g/mol. The van der Waals surface area contributed by atoms with Gasteiger partial charge < -0.3 is 10.2 Å². The molecule has 0 saturated carbocycles. The first-order valence-electron chi connectivity index (χ1n) is 9.04. The van der Waals surface area contributed by atoms with Crippen molar-refractivity contribution >= 4 is 44.7 Å². The second-order valence-electron chi connectivity index (χ2n) is 6.67. The van der Waals surface area contributed by atoms with Crippen LogP contribution >= 0.6 is 11.6 Å². The molecule has 0 bridgehead atoms. The minimum absolute atomic E-state index is 0.0460. The molecule has 1 amide bonds. The molecule has 0 fully saturated rings. The summed E-state index contributed by atoms with van der Waals surface area (Å²) >= 11 is 6.10. The van der Waals surface area contributed by atoms with E-state index in [0.29, 0.717) is 28.8 Å². The second-order valence-corrected chi connectivity index (χ2v) is 8.65. The lowest BCUT2D eigenvalue weighted by molar-refractivity contribution is 0.102. The second kappa shape index (κ2) is 7.93. The summed E-state index contributed by atoms with van der Waals surface area (Å²) < 4.78 is 29.0. The Morgan fingerprint density at radius 1 is 1.21 bits per heavy atom. The molecule has 0 atom stereocenters. The molecule has 0 spiro atoms. The molecule has 0 aliphatic carbocycles. The molecule has 0 unspecified atom stereocenters. The summed E-state index contributed by atoms with van der Waals surface area (Å²) in [5.41, 5.74) is 2.12. The van der Waals surface area contributed by atoms with Crippen LogP contribution in [0.5, 0.6) is 0 Å². The van der Waals surface area contributed by atoms with Crippen LogP contribution in [0.4, 0.5) is 11.4 Å². The van der Waals surface area contributed by atoms with Crippen LogP contribution in [-0.2, 0) is 10.0 Å². The van der Waals surface area contributed by atoms with Gasteiger partial charge in [-0.1, -0.05) is 31.0 Å². The Morgan fingerprint density at radius 3 is 2.68 bits per heavy atom. The molecule has 1 N–H and O–H groups in total. The van der Waals surface area contributed by atoms with Crippen molar-refractivity contribution in [1.29, 1.82) is 0 Å². The van der Waals surface area contributed by atoms with Gasteiger partial charge in [-0.25, -0.2) is 0 Å². The summed E-state index contributed by atoms with van der Waals surface area (Å²) in [6.07, 6.45) is 1.88. The summed E-state index contributed by atoms with van der Waals surface area (Å²) in [6, 6.07) is 9.90. The number of rotatable bonds is 5. The van der Waals surface area contributed by atoms with Gasteiger partial charge in [0.1, 0.15) is 10.7 Å². The third-order valence-electron chi connectivity index (χ3n) is 4.68. The minimum Gasteiger partial charge on any atom is -0.328 e. The van der Waals surface area contributed by atoms with Crippen LogP contribution in [0, 0.1) is 6.92 Å². The van der Waals surface area contributed by atoms with Crippen molar-refractivity contribution in [2.75, 3.05) is 16.8 Å². The third-order valence-corrected chi connectivity index (χ3v) is 6.48. The topological polar surface area (TPSA) is 78.8 Å². The number of carbonyl (C=O) groups excluding carboxylic acids is 1. The number of sulfonamides is 1. The van der Waals surface area contributed by atoms with Gasteiger partial charge >= 0.3 is 0 Å². The molecule has 0 saturated heterocycles. The van der Waals surface area contributed by atoms with Gasteiger partial charge in [-0.2, -0.15) is 8.42 Å². The van der Waals surface area contributed by atoms with Gasteiger partial charge in [0.15, 0.2) is 0 Å². The highest BCUT2D eigenvalue weighted by molar-refractivity contribution is 7.90. The summed E-state index contributed by atoms with van der Waals surface area (Å²) in [4.78, 5) is 14.6. The maximum absolute atomic E-state index is 12.7. The van der Waals surface area contributed by atoms with Gasteiger partial charge in [-0.15, -0.1) is 4.40 Å². The number of amides is 1. The number of nitrogens with one attached hydrogen (secondary N) is 1. The van der Waals surface area contributed by atoms with E-state index < -0.39 is 15.9 Å². The molecule has 28 heavy (non-hydrogen) atoms. The summed E-state index contributed by atoms with van der Waals surface area (Å²) in [5, 5.41) is 3.33. The number of carbonyl (C=O) groups is 1. The van der Waals surface area contributed by atoms with E-state index in [1.54, 1.807) is 44.2 Å². The SMILES string of the molecule is CCCCN1C(C)=NS(=O)(=O)c2cc(C(=O)Nc3cccc(Cl)c3C)ccc21. The molecule has 6 nitrogen and oxygen atoms in total. The van der Waals surface area contributed by atoms with E-state index in [1.807, 2.05) is 4.90 Å². The summed E-state index contributed by atoms with van der Waals surface area (Å²) in [6.45, 7) is 6.22. The summed E-state index contributed by atoms with van der Waals surface area (Å²) in [5.74, 6) is 0.0300. The average molecular weight is 420 g/mol. The van der Waals surface area contributed by atoms with E-state index in [4.69, 9.17) is 11.6 Å². The maximum atomic E-state index is 12.7. The van der Waals surface area contributed by atoms with Crippen LogP contribution in [-0.4, -0.2) is 26.7 Å². The number of amidine groups is 1. The molecule has 2 aromatic carbocycles. The summed E-state index contributed by atoms with van der Waals surface area (Å²) in [7, 11) is -3.85. The van der Waals surface area contributed by atoms with Crippen molar-refractivity contribution in [3.05, 3.63) is 52.5 Å². The van der Waals surface area contributed by atoms with Gasteiger partial charge in [0, 0.05) is 22.8 Å². The number of anilines is 2. The van der Waals surface area contributed by atoms with Crippen LogP contribution in [0.15, 0.2) is 45.7 Å². The Labute approximate surface area is 170 Å². The smallest absolute Gasteiger partial charge is 0.286 e. The minimum atomic E-state index is -3.85. The van der Waals surface area contributed by atoms with Crippen LogP contribution in [0.2, 0.25) is 5.02 Å². The number of unbranched alkanes of at least 4 members (excludes halogenated alkanes) is 1. The predicted molar refractivity (Wildman–Crippen MR) is 113 cm³/mol. The van der Waals surface area contributed by atoms with E-state index in [2.05, 4.69) is 16.6 Å². The Balaban J connectivity index is 1.96. The monoisotopic (exact) mass is 419 g/mol. The molecule has 8 heteroatoms. The maximum Gasteiger partial charge on any atom is 0.286 e. The number of halogens is 1. The van der Waals surface area contributed by atoms with E-state index in [-0.39, 0.29) is 10.5 Å². The Bertz CT molecular complexity index is 1060. The van der Waals surface area contributed by atoms with Crippen molar-refractivity contribution in [2.24, 2.45) is 4.40 Å².